The maximum atomic E-state index is 12.8. The van der Waals surface area contributed by atoms with Crippen molar-refractivity contribution in [3.8, 4) is 0 Å². The predicted octanol–water partition coefficient (Wildman–Crippen LogP) is 2.75. The highest BCUT2D eigenvalue weighted by atomic mass is 16.2. The molecule has 0 saturated carbocycles. The van der Waals surface area contributed by atoms with Crippen LogP contribution < -0.4 is 10.2 Å². The fourth-order valence-electron chi connectivity index (χ4n) is 3.41. The second kappa shape index (κ2) is 7.64. The van der Waals surface area contributed by atoms with Gasteiger partial charge in [-0.1, -0.05) is 30.3 Å². The number of carbonyl (C=O) groups excluding carboxylic acids is 1. The minimum absolute atomic E-state index is 0.138. The van der Waals surface area contributed by atoms with E-state index in [1.54, 1.807) is 6.33 Å². The second-order valence-electron chi connectivity index (χ2n) is 7.09. The number of amides is 1. The highest BCUT2D eigenvalue weighted by molar-refractivity contribution is 5.83. The van der Waals surface area contributed by atoms with E-state index in [1.807, 2.05) is 31.2 Å². The Labute approximate surface area is 149 Å². The Kier molecular flexibility index (Phi) is 5.31. The molecule has 1 amide bonds. The summed E-state index contributed by atoms with van der Waals surface area (Å²) in [6.45, 7) is 6.32. The molecule has 132 valence electrons. The normalized spacial score (nSPS) is 20.3. The fourth-order valence-corrected chi connectivity index (χ4v) is 3.41. The van der Waals surface area contributed by atoms with E-state index in [4.69, 9.17) is 0 Å². The Morgan fingerprint density at radius 1 is 1.28 bits per heavy atom. The summed E-state index contributed by atoms with van der Waals surface area (Å²) < 4.78 is 0. The Morgan fingerprint density at radius 2 is 2.08 bits per heavy atom. The van der Waals surface area contributed by atoms with E-state index in [1.165, 1.54) is 5.56 Å². The zero-order valence-electron chi connectivity index (χ0n) is 15.0. The quantitative estimate of drug-likeness (QED) is 0.911. The molecule has 3 rings (SSSR count). The van der Waals surface area contributed by atoms with Crippen LogP contribution in [0.3, 0.4) is 0 Å². The van der Waals surface area contributed by atoms with Crippen LogP contribution in [-0.4, -0.2) is 35.5 Å². The Bertz CT molecular complexity index is 719. The van der Waals surface area contributed by atoms with Crippen molar-refractivity contribution < 1.29 is 4.79 Å². The summed E-state index contributed by atoms with van der Waals surface area (Å²) in [7, 11) is 0. The number of hydrogen-bond donors (Lipinski definition) is 1. The summed E-state index contributed by atoms with van der Waals surface area (Å²) in [5.74, 6) is 1.05. The highest BCUT2D eigenvalue weighted by Gasteiger charge is 2.38. The average molecular weight is 338 g/mol. The van der Waals surface area contributed by atoms with E-state index in [9.17, 15) is 4.79 Å². The first kappa shape index (κ1) is 17.4. The van der Waals surface area contributed by atoms with Crippen LogP contribution in [0.2, 0.25) is 0 Å². The number of piperidine rings is 1. The molecule has 0 radical (unpaired) electrons. The van der Waals surface area contributed by atoms with Crippen molar-refractivity contribution in [3.63, 3.8) is 0 Å². The Balaban J connectivity index is 1.59. The molecule has 0 spiro atoms. The summed E-state index contributed by atoms with van der Waals surface area (Å²) >= 11 is 0. The molecule has 1 saturated heterocycles. The van der Waals surface area contributed by atoms with Crippen molar-refractivity contribution in [2.45, 2.75) is 33.1 Å². The van der Waals surface area contributed by atoms with Gasteiger partial charge in [0.2, 0.25) is 5.91 Å². The molecule has 5 nitrogen and oxygen atoms in total. The van der Waals surface area contributed by atoms with Gasteiger partial charge < -0.3 is 10.2 Å². The van der Waals surface area contributed by atoms with Gasteiger partial charge in [0, 0.05) is 31.4 Å². The number of hydrogen-bond acceptors (Lipinski definition) is 4. The first-order chi connectivity index (χ1) is 12.1. The second-order valence-corrected chi connectivity index (χ2v) is 7.09. The van der Waals surface area contributed by atoms with Gasteiger partial charge in [-0.25, -0.2) is 9.97 Å². The number of anilines is 1. The molecule has 0 bridgehead atoms. The molecular formula is C20H26N4O. The number of aromatic nitrogens is 2. The molecule has 2 heterocycles. The number of rotatable bonds is 5. The average Bonchev–Trinajstić information content (AvgIpc) is 2.62. The number of aryl methyl sites for hydroxylation is 1. The van der Waals surface area contributed by atoms with Crippen LogP contribution in [0.25, 0.3) is 0 Å². The van der Waals surface area contributed by atoms with Gasteiger partial charge in [-0.05, 0) is 38.7 Å². The van der Waals surface area contributed by atoms with Crippen LogP contribution in [0, 0.1) is 12.3 Å². The molecule has 2 aromatic rings. The van der Waals surface area contributed by atoms with E-state index in [0.29, 0.717) is 13.1 Å². The summed E-state index contributed by atoms with van der Waals surface area (Å²) in [6.07, 6.45) is 4.35. The fraction of sp³-hybridized carbons (Fsp3) is 0.450. The van der Waals surface area contributed by atoms with Gasteiger partial charge in [0.15, 0.2) is 0 Å². The van der Waals surface area contributed by atoms with Crippen molar-refractivity contribution in [1.29, 1.82) is 0 Å². The number of nitrogens with one attached hydrogen (secondary N) is 1. The maximum absolute atomic E-state index is 12.8. The van der Waals surface area contributed by atoms with Crippen LogP contribution in [-0.2, 0) is 11.2 Å². The Morgan fingerprint density at radius 3 is 2.84 bits per heavy atom. The van der Waals surface area contributed by atoms with Gasteiger partial charge in [0.25, 0.3) is 0 Å². The largest absolute Gasteiger partial charge is 0.355 e. The minimum atomic E-state index is -0.381. The molecular weight excluding hydrogens is 312 g/mol. The van der Waals surface area contributed by atoms with Crippen molar-refractivity contribution in [2.75, 3.05) is 24.5 Å². The lowest BCUT2D eigenvalue weighted by Gasteiger charge is -2.40. The first-order valence-electron chi connectivity index (χ1n) is 8.93. The first-order valence-corrected chi connectivity index (χ1v) is 8.93. The summed E-state index contributed by atoms with van der Waals surface area (Å²) in [5.41, 5.74) is 1.81. The van der Waals surface area contributed by atoms with E-state index in [0.717, 1.165) is 37.3 Å². The van der Waals surface area contributed by atoms with Crippen molar-refractivity contribution in [1.82, 2.24) is 15.3 Å². The lowest BCUT2D eigenvalue weighted by atomic mass is 9.81. The van der Waals surface area contributed by atoms with E-state index >= 15 is 0 Å². The molecule has 1 aliphatic heterocycles. The number of nitrogens with zero attached hydrogens (tertiary/aromatic N) is 3. The molecule has 1 fully saturated rings. The van der Waals surface area contributed by atoms with E-state index < -0.39 is 0 Å². The van der Waals surface area contributed by atoms with Crippen LogP contribution in [0.15, 0.2) is 42.7 Å². The van der Waals surface area contributed by atoms with E-state index in [2.05, 4.69) is 39.2 Å². The van der Waals surface area contributed by atoms with Gasteiger partial charge in [-0.15, -0.1) is 0 Å². The highest BCUT2D eigenvalue weighted by Crippen LogP contribution is 2.31. The van der Waals surface area contributed by atoms with Crippen molar-refractivity contribution >= 4 is 11.7 Å². The topological polar surface area (TPSA) is 58.1 Å². The van der Waals surface area contributed by atoms with Crippen molar-refractivity contribution in [3.05, 3.63) is 54.0 Å². The summed E-state index contributed by atoms with van der Waals surface area (Å²) in [5, 5.41) is 3.13. The van der Waals surface area contributed by atoms with Gasteiger partial charge >= 0.3 is 0 Å². The molecule has 1 aliphatic rings. The molecule has 1 aromatic carbocycles. The number of carbonyl (C=O) groups is 1. The molecule has 5 heteroatoms. The van der Waals surface area contributed by atoms with Crippen LogP contribution in [0.5, 0.6) is 0 Å². The van der Waals surface area contributed by atoms with Crippen LogP contribution in [0.1, 0.15) is 31.0 Å². The smallest absolute Gasteiger partial charge is 0.227 e. The van der Waals surface area contributed by atoms with Gasteiger partial charge in [0.05, 0.1) is 5.41 Å². The van der Waals surface area contributed by atoms with Crippen LogP contribution >= 0.6 is 0 Å². The third-order valence-corrected chi connectivity index (χ3v) is 4.90. The van der Waals surface area contributed by atoms with Gasteiger partial charge in [-0.2, -0.15) is 0 Å². The summed E-state index contributed by atoms with van der Waals surface area (Å²) in [6, 6.07) is 12.2. The van der Waals surface area contributed by atoms with Crippen LogP contribution in [0.4, 0.5) is 5.82 Å². The lowest BCUT2D eigenvalue weighted by molar-refractivity contribution is -0.130. The molecule has 0 aliphatic carbocycles. The zero-order valence-corrected chi connectivity index (χ0v) is 15.0. The Hall–Kier alpha value is -2.43. The summed E-state index contributed by atoms with van der Waals surface area (Å²) in [4.78, 5) is 23.5. The zero-order chi connectivity index (χ0) is 17.7. The standard InChI is InChI=1S/C20H26N4O/c1-16-13-18(23-15-22-16)24-12-6-10-20(2,14-24)19(25)21-11-9-17-7-4-3-5-8-17/h3-5,7-8,13,15H,6,9-12,14H2,1-2H3,(H,21,25). The molecule has 1 N–H and O–H groups in total. The third-order valence-electron chi connectivity index (χ3n) is 4.90. The molecule has 1 unspecified atom stereocenters. The minimum Gasteiger partial charge on any atom is -0.355 e. The number of benzene rings is 1. The third kappa shape index (κ3) is 4.35. The van der Waals surface area contributed by atoms with Crippen molar-refractivity contribution in [2.24, 2.45) is 5.41 Å². The molecule has 1 aromatic heterocycles. The SMILES string of the molecule is Cc1cc(N2CCCC(C)(C(=O)NCCc3ccccc3)C2)ncn1. The van der Waals surface area contributed by atoms with Gasteiger partial charge in [-0.3, -0.25) is 4.79 Å². The lowest BCUT2D eigenvalue weighted by Crippen LogP contribution is -2.51. The van der Waals surface area contributed by atoms with Gasteiger partial charge in [0.1, 0.15) is 12.1 Å². The van der Waals surface area contributed by atoms with E-state index in [-0.39, 0.29) is 11.3 Å². The molecule has 1 atom stereocenters. The molecule has 25 heavy (non-hydrogen) atoms. The maximum Gasteiger partial charge on any atom is 0.227 e. The monoisotopic (exact) mass is 338 g/mol. The predicted molar refractivity (Wildman–Crippen MR) is 99.5 cm³/mol.